The van der Waals surface area contributed by atoms with Gasteiger partial charge in [0.15, 0.2) is 6.29 Å². The van der Waals surface area contributed by atoms with E-state index in [9.17, 15) is 4.79 Å². The molecule has 0 aliphatic rings. The molecule has 4 heteroatoms. The summed E-state index contributed by atoms with van der Waals surface area (Å²) in [5.74, 6) is 0. The summed E-state index contributed by atoms with van der Waals surface area (Å²) < 4.78 is 10.5. The SMILES string of the molecule is CCOC(CN(C)C=O)OCC. The van der Waals surface area contributed by atoms with Crippen LogP contribution in [0.4, 0.5) is 0 Å². The van der Waals surface area contributed by atoms with E-state index < -0.39 is 0 Å². The molecule has 0 saturated heterocycles. The highest BCUT2D eigenvalue weighted by atomic mass is 16.7. The van der Waals surface area contributed by atoms with Crippen molar-refractivity contribution in [2.45, 2.75) is 20.1 Å². The van der Waals surface area contributed by atoms with Crippen molar-refractivity contribution in [2.75, 3.05) is 26.8 Å². The second kappa shape index (κ2) is 7.06. The quantitative estimate of drug-likeness (QED) is 0.417. The van der Waals surface area contributed by atoms with E-state index in [1.54, 1.807) is 7.05 Å². The van der Waals surface area contributed by atoms with E-state index in [4.69, 9.17) is 9.47 Å². The first-order valence-electron chi connectivity index (χ1n) is 4.13. The largest absolute Gasteiger partial charge is 0.351 e. The number of likely N-dealkylation sites (N-methyl/N-ethyl adjacent to an activating group) is 1. The second-order valence-electron chi connectivity index (χ2n) is 2.39. The van der Waals surface area contributed by atoms with E-state index in [0.717, 1.165) is 6.41 Å². The van der Waals surface area contributed by atoms with Gasteiger partial charge < -0.3 is 14.4 Å². The molecular weight excluding hydrogens is 158 g/mol. The fourth-order valence-electron chi connectivity index (χ4n) is 0.803. The first-order valence-corrected chi connectivity index (χ1v) is 4.13. The van der Waals surface area contributed by atoms with Gasteiger partial charge in [0.1, 0.15) is 0 Å². The molecule has 0 heterocycles. The van der Waals surface area contributed by atoms with Gasteiger partial charge in [-0.05, 0) is 13.8 Å². The molecule has 72 valence electrons. The summed E-state index contributed by atoms with van der Waals surface area (Å²) in [5.41, 5.74) is 0. The number of ether oxygens (including phenoxy) is 2. The van der Waals surface area contributed by atoms with Crippen LogP contribution in [0.2, 0.25) is 0 Å². The average molecular weight is 175 g/mol. The lowest BCUT2D eigenvalue weighted by Gasteiger charge is -2.20. The van der Waals surface area contributed by atoms with Crippen molar-refractivity contribution >= 4 is 6.41 Å². The third-order valence-electron chi connectivity index (χ3n) is 1.32. The van der Waals surface area contributed by atoms with E-state index in [2.05, 4.69) is 0 Å². The number of nitrogens with zero attached hydrogens (tertiary/aromatic N) is 1. The zero-order chi connectivity index (χ0) is 9.40. The third-order valence-corrected chi connectivity index (χ3v) is 1.32. The molecule has 0 bridgehead atoms. The molecule has 0 rings (SSSR count). The number of carbonyl (C=O) groups excluding carboxylic acids is 1. The maximum absolute atomic E-state index is 10.3. The Hall–Kier alpha value is -0.610. The predicted octanol–water partition coefficient (Wildman–Crippen LogP) is 0.474. The minimum atomic E-state index is -0.296. The number of carbonyl (C=O) groups is 1. The summed E-state index contributed by atoms with van der Waals surface area (Å²) >= 11 is 0. The molecule has 0 aromatic carbocycles. The molecule has 12 heavy (non-hydrogen) atoms. The molecule has 0 fully saturated rings. The summed E-state index contributed by atoms with van der Waals surface area (Å²) in [6.45, 7) is 5.46. The first kappa shape index (κ1) is 11.4. The van der Waals surface area contributed by atoms with Crippen LogP contribution in [-0.2, 0) is 14.3 Å². The van der Waals surface area contributed by atoms with E-state index in [-0.39, 0.29) is 6.29 Å². The molecule has 0 unspecified atom stereocenters. The maximum atomic E-state index is 10.3. The first-order chi connectivity index (χ1) is 5.74. The number of amides is 1. The Labute approximate surface area is 73.4 Å². The zero-order valence-electron chi connectivity index (χ0n) is 7.95. The van der Waals surface area contributed by atoms with Gasteiger partial charge in [0.05, 0.1) is 6.54 Å². The fourth-order valence-corrected chi connectivity index (χ4v) is 0.803. The van der Waals surface area contributed by atoms with Gasteiger partial charge in [-0.15, -0.1) is 0 Å². The van der Waals surface area contributed by atoms with E-state index in [1.165, 1.54) is 4.90 Å². The Morgan fingerprint density at radius 3 is 2.17 bits per heavy atom. The number of hydrogen-bond donors (Lipinski definition) is 0. The van der Waals surface area contributed by atoms with Crippen LogP contribution in [0.25, 0.3) is 0 Å². The van der Waals surface area contributed by atoms with Gasteiger partial charge in [-0.1, -0.05) is 0 Å². The molecule has 0 aromatic rings. The lowest BCUT2D eigenvalue weighted by molar-refractivity contribution is -0.150. The fraction of sp³-hybridized carbons (Fsp3) is 0.875. The Bertz CT molecular complexity index is 113. The molecule has 0 atom stereocenters. The zero-order valence-corrected chi connectivity index (χ0v) is 7.95. The van der Waals surface area contributed by atoms with Crippen LogP contribution in [0.5, 0.6) is 0 Å². The van der Waals surface area contributed by atoms with Gasteiger partial charge in [-0.2, -0.15) is 0 Å². The van der Waals surface area contributed by atoms with Crippen LogP contribution in [0, 0.1) is 0 Å². The van der Waals surface area contributed by atoms with Crippen LogP contribution in [0.3, 0.4) is 0 Å². The van der Waals surface area contributed by atoms with Crippen molar-refractivity contribution in [1.82, 2.24) is 4.90 Å². The summed E-state index contributed by atoms with van der Waals surface area (Å²) in [6, 6.07) is 0. The van der Waals surface area contributed by atoms with Crippen LogP contribution in [-0.4, -0.2) is 44.4 Å². The Morgan fingerprint density at radius 1 is 1.33 bits per heavy atom. The predicted molar refractivity (Wildman–Crippen MR) is 45.7 cm³/mol. The van der Waals surface area contributed by atoms with E-state index >= 15 is 0 Å². The minimum Gasteiger partial charge on any atom is -0.351 e. The van der Waals surface area contributed by atoms with Crippen LogP contribution in [0.1, 0.15) is 13.8 Å². The number of rotatable bonds is 7. The average Bonchev–Trinajstić information content (AvgIpc) is 2.05. The van der Waals surface area contributed by atoms with Crippen LogP contribution >= 0.6 is 0 Å². The van der Waals surface area contributed by atoms with Crippen molar-refractivity contribution in [2.24, 2.45) is 0 Å². The second-order valence-corrected chi connectivity index (χ2v) is 2.39. The maximum Gasteiger partial charge on any atom is 0.209 e. The van der Waals surface area contributed by atoms with Crippen LogP contribution < -0.4 is 0 Å². The normalized spacial score (nSPS) is 10.3. The minimum absolute atomic E-state index is 0.296. The van der Waals surface area contributed by atoms with E-state index in [0.29, 0.717) is 19.8 Å². The lowest BCUT2D eigenvalue weighted by atomic mass is 10.5. The summed E-state index contributed by atoms with van der Waals surface area (Å²) in [6.07, 6.45) is 0.459. The lowest BCUT2D eigenvalue weighted by Crippen LogP contribution is -2.32. The Kier molecular flexibility index (Phi) is 6.70. The summed E-state index contributed by atoms with van der Waals surface area (Å²) in [5, 5.41) is 0. The molecule has 0 aliphatic heterocycles. The van der Waals surface area contributed by atoms with Gasteiger partial charge >= 0.3 is 0 Å². The molecular formula is C8H17NO3. The molecule has 0 N–H and O–H groups in total. The van der Waals surface area contributed by atoms with Crippen molar-refractivity contribution < 1.29 is 14.3 Å². The Morgan fingerprint density at radius 2 is 1.83 bits per heavy atom. The van der Waals surface area contributed by atoms with Gasteiger partial charge in [0.2, 0.25) is 6.41 Å². The van der Waals surface area contributed by atoms with Crippen LogP contribution in [0.15, 0.2) is 0 Å². The third kappa shape index (κ3) is 5.09. The van der Waals surface area contributed by atoms with Crippen molar-refractivity contribution in [3.8, 4) is 0 Å². The molecule has 0 radical (unpaired) electrons. The highest BCUT2D eigenvalue weighted by Gasteiger charge is 2.09. The standard InChI is InChI=1S/C8H17NO3/c1-4-11-8(12-5-2)6-9(3)7-10/h7-8H,4-6H2,1-3H3. The molecule has 0 aromatic heterocycles. The monoisotopic (exact) mass is 175 g/mol. The van der Waals surface area contributed by atoms with Crippen molar-refractivity contribution in [3.63, 3.8) is 0 Å². The summed E-state index contributed by atoms with van der Waals surface area (Å²) in [4.78, 5) is 11.8. The van der Waals surface area contributed by atoms with Gasteiger partial charge in [-0.25, -0.2) is 0 Å². The highest BCUT2D eigenvalue weighted by molar-refractivity contribution is 5.46. The van der Waals surface area contributed by atoms with Gasteiger partial charge in [0, 0.05) is 20.3 Å². The van der Waals surface area contributed by atoms with Crippen molar-refractivity contribution in [1.29, 1.82) is 0 Å². The summed E-state index contributed by atoms with van der Waals surface area (Å²) in [7, 11) is 1.69. The van der Waals surface area contributed by atoms with Crippen molar-refractivity contribution in [3.05, 3.63) is 0 Å². The smallest absolute Gasteiger partial charge is 0.209 e. The molecule has 0 aliphatic carbocycles. The van der Waals surface area contributed by atoms with E-state index in [1.807, 2.05) is 13.8 Å². The molecule has 0 spiro atoms. The molecule has 4 nitrogen and oxygen atoms in total. The topological polar surface area (TPSA) is 38.8 Å². The highest BCUT2D eigenvalue weighted by Crippen LogP contribution is 1.96. The number of hydrogen-bond acceptors (Lipinski definition) is 3. The van der Waals surface area contributed by atoms with Gasteiger partial charge in [0.25, 0.3) is 0 Å². The van der Waals surface area contributed by atoms with Gasteiger partial charge in [-0.3, -0.25) is 4.79 Å². The molecule has 1 amide bonds. The molecule has 0 saturated carbocycles. The Balaban J connectivity index is 3.68.